The number of hydrogen-bond acceptors (Lipinski definition) is 3. The van der Waals surface area contributed by atoms with Crippen LogP contribution in [-0.4, -0.2) is 24.4 Å². The van der Waals surface area contributed by atoms with Crippen molar-refractivity contribution >= 4 is 12.0 Å². The van der Waals surface area contributed by atoms with E-state index in [4.69, 9.17) is 5.73 Å². The van der Waals surface area contributed by atoms with Crippen LogP contribution >= 0.6 is 0 Å². The standard InChI is InChI=1S/C27H29FN2O/c1-26(2)24-22(17-20-9-5-3-6-10-20)13-14-23(29)25(24)27(19-31,30(26)16-15-28)18-21-11-7-4-8-12-21/h3-14,19H,15-18,29H2,1-2H3. The van der Waals surface area contributed by atoms with Gasteiger partial charge in [0.1, 0.15) is 18.5 Å². The van der Waals surface area contributed by atoms with Gasteiger partial charge in [0.25, 0.3) is 0 Å². The summed E-state index contributed by atoms with van der Waals surface area (Å²) >= 11 is 0. The summed E-state index contributed by atoms with van der Waals surface area (Å²) in [5, 5.41) is 0. The number of nitrogens with zero attached hydrogens (tertiary/aromatic N) is 1. The first-order valence-electron chi connectivity index (χ1n) is 10.7. The van der Waals surface area contributed by atoms with Crippen molar-refractivity contribution in [2.45, 2.75) is 37.8 Å². The molecule has 0 radical (unpaired) electrons. The van der Waals surface area contributed by atoms with Gasteiger partial charge in [-0.3, -0.25) is 4.90 Å². The van der Waals surface area contributed by atoms with E-state index in [1.165, 1.54) is 5.56 Å². The number of nitrogens with two attached hydrogens (primary N) is 1. The summed E-state index contributed by atoms with van der Waals surface area (Å²) in [7, 11) is 0. The van der Waals surface area contributed by atoms with Gasteiger partial charge in [-0.2, -0.15) is 0 Å². The van der Waals surface area contributed by atoms with Crippen molar-refractivity contribution in [1.29, 1.82) is 0 Å². The van der Waals surface area contributed by atoms with Crippen LogP contribution in [0.1, 0.15) is 41.7 Å². The molecule has 0 saturated carbocycles. The number of carbonyl (C=O) groups is 1. The van der Waals surface area contributed by atoms with Gasteiger partial charge in [0.15, 0.2) is 0 Å². The van der Waals surface area contributed by atoms with Crippen molar-refractivity contribution in [1.82, 2.24) is 4.90 Å². The van der Waals surface area contributed by atoms with Gasteiger partial charge in [0, 0.05) is 29.8 Å². The van der Waals surface area contributed by atoms with Gasteiger partial charge in [-0.05, 0) is 48.6 Å². The Labute approximate surface area is 183 Å². The second kappa shape index (κ2) is 8.27. The minimum Gasteiger partial charge on any atom is -0.398 e. The number of hydrogen-bond donors (Lipinski definition) is 1. The fourth-order valence-electron chi connectivity index (χ4n) is 5.38. The van der Waals surface area contributed by atoms with Crippen molar-refractivity contribution in [2.24, 2.45) is 0 Å². The zero-order valence-electron chi connectivity index (χ0n) is 18.1. The third kappa shape index (κ3) is 3.55. The summed E-state index contributed by atoms with van der Waals surface area (Å²) in [6, 6.07) is 24.1. The summed E-state index contributed by atoms with van der Waals surface area (Å²) in [5.74, 6) is 0. The van der Waals surface area contributed by atoms with Crippen molar-refractivity contribution in [2.75, 3.05) is 19.0 Å². The van der Waals surface area contributed by atoms with Gasteiger partial charge in [-0.25, -0.2) is 4.39 Å². The molecule has 4 heteroatoms. The lowest BCUT2D eigenvalue weighted by atomic mass is 9.81. The minimum atomic E-state index is -1.01. The van der Waals surface area contributed by atoms with Crippen LogP contribution in [0.4, 0.5) is 10.1 Å². The summed E-state index contributed by atoms with van der Waals surface area (Å²) in [4.78, 5) is 14.9. The fourth-order valence-corrected chi connectivity index (χ4v) is 5.38. The van der Waals surface area contributed by atoms with Crippen LogP contribution in [0.2, 0.25) is 0 Å². The van der Waals surface area contributed by atoms with E-state index in [2.05, 4.69) is 32.0 Å². The molecule has 0 amide bonds. The number of carbonyl (C=O) groups excluding carboxylic acids is 1. The van der Waals surface area contributed by atoms with E-state index in [9.17, 15) is 9.18 Å². The molecule has 3 aromatic rings. The van der Waals surface area contributed by atoms with Gasteiger partial charge in [-0.15, -0.1) is 0 Å². The van der Waals surface area contributed by atoms with Crippen LogP contribution in [0.25, 0.3) is 0 Å². The average Bonchev–Trinajstić information content (AvgIpc) is 2.97. The lowest BCUT2D eigenvalue weighted by Crippen LogP contribution is -2.52. The van der Waals surface area contributed by atoms with Crippen molar-refractivity contribution in [3.63, 3.8) is 0 Å². The number of anilines is 1. The Balaban J connectivity index is 1.93. The van der Waals surface area contributed by atoms with Gasteiger partial charge < -0.3 is 10.5 Å². The summed E-state index contributed by atoms with van der Waals surface area (Å²) < 4.78 is 13.8. The van der Waals surface area contributed by atoms with E-state index in [1.807, 2.05) is 59.5 Å². The van der Waals surface area contributed by atoms with Crippen LogP contribution in [-0.2, 0) is 28.7 Å². The Morgan fingerprint density at radius 1 is 0.903 bits per heavy atom. The molecule has 1 unspecified atom stereocenters. The van der Waals surface area contributed by atoms with E-state index in [0.717, 1.165) is 35.0 Å². The molecule has 0 bridgehead atoms. The number of fused-ring (bicyclic) bond motifs is 1. The molecule has 2 N–H and O–H groups in total. The first-order chi connectivity index (χ1) is 14.9. The Morgan fingerprint density at radius 3 is 2.10 bits per heavy atom. The van der Waals surface area contributed by atoms with E-state index in [-0.39, 0.29) is 6.54 Å². The number of benzene rings is 3. The highest BCUT2D eigenvalue weighted by Crippen LogP contribution is 2.53. The Kier molecular flexibility index (Phi) is 5.67. The summed E-state index contributed by atoms with van der Waals surface area (Å²) in [6.45, 7) is 3.78. The number of aldehydes is 1. The van der Waals surface area contributed by atoms with Crippen molar-refractivity contribution in [3.8, 4) is 0 Å². The SMILES string of the molecule is CC1(C)c2c(Cc3ccccc3)ccc(N)c2C(C=O)(Cc2ccccc2)N1CCF. The van der Waals surface area contributed by atoms with Gasteiger partial charge in [0.2, 0.25) is 0 Å². The molecular formula is C27H29FN2O. The van der Waals surface area contributed by atoms with Crippen molar-refractivity contribution < 1.29 is 9.18 Å². The molecule has 0 saturated heterocycles. The van der Waals surface area contributed by atoms with Gasteiger partial charge in [-0.1, -0.05) is 66.7 Å². The monoisotopic (exact) mass is 416 g/mol. The number of rotatable bonds is 7. The largest absolute Gasteiger partial charge is 0.398 e. The van der Waals surface area contributed by atoms with E-state index >= 15 is 0 Å². The van der Waals surface area contributed by atoms with Crippen LogP contribution in [0.5, 0.6) is 0 Å². The Morgan fingerprint density at radius 2 is 1.52 bits per heavy atom. The molecule has 1 aliphatic heterocycles. The smallest absolute Gasteiger partial charge is 0.145 e. The van der Waals surface area contributed by atoms with Crippen LogP contribution < -0.4 is 5.73 Å². The third-order valence-corrected chi connectivity index (χ3v) is 6.58. The molecule has 3 aromatic carbocycles. The summed E-state index contributed by atoms with van der Waals surface area (Å²) in [6.07, 6.45) is 2.16. The van der Waals surface area contributed by atoms with Crippen LogP contribution in [0.3, 0.4) is 0 Å². The quantitative estimate of drug-likeness (QED) is 0.435. The van der Waals surface area contributed by atoms with E-state index < -0.39 is 17.8 Å². The zero-order chi connectivity index (χ0) is 22.1. The first kappa shape index (κ1) is 21.3. The highest BCUT2D eigenvalue weighted by Gasteiger charge is 2.55. The summed E-state index contributed by atoms with van der Waals surface area (Å²) in [5.41, 5.74) is 10.8. The second-order valence-electron chi connectivity index (χ2n) is 8.83. The van der Waals surface area contributed by atoms with Crippen LogP contribution in [0.15, 0.2) is 72.8 Å². The molecule has 1 aliphatic rings. The lowest BCUT2D eigenvalue weighted by molar-refractivity contribution is -0.122. The molecule has 0 fully saturated rings. The van der Waals surface area contributed by atoms with E-state index in [0.29, 0.717) is 12.1 Å². The number of alkyl halides is 1. The molecule has 31 heavy (non-hydrogen) atoms. The van der Waals surface area contributed by atoms with Crippen LogP contribution in [0, 0.1) is 0 Å². The average molecular weight is 417 g/mol. The molecule has 1 heterocycles. The van der Waals surface area contributed by atoms with Crippen molar-refractivity contribution in [3.05, 3.63) is 101 Å². The minimum absolute atomic E-state index is 0.164. The third-order valence-electron chi connectivity index (χ3n) is 6.58. The highest BCUT2D eigenvalue weighted by atomic mass is 19.1. The predicted octanol–water partition coefficient (Wildman–Crippen LogP) is 5.02. The van der Waals surface area contributed by atoms with Gasteiger partial charge >= 0.3 is 0 Å². The molecule has 160 valence electrons. The fraction of sp³-hybridized carbons (Fsp3) is 0.296. The topological polar surface area (TPSA) is 46.3 Å². The van der Waals surface area contributed by atoms with E-state index in [1.54, 1.807) is 0 Å². The Bertz CT molecular complexity index is 1070. The molecule has 0 aromatic heterocycles. The maximum atomic E-state index is 13.8. The number of nitrogen functional groups attached to an aromatic ring is 1. The number of halogens is 1. The normalized spacial score (nSPS) is 19.8. The molecule has 3 nitrogen and oxygen atoms in total. The Hall–Kier alpha value is -2.98. The maximum absolute atomic E-state index is 13.8. The zero-order valence-corrected chi connectivity index (χ0v) is 18.1. The molecule has 4 rings (SSSR count). The lowest BCUT2D eigenvalue weighted by Gasteiger charge is -2.41. The molecule has 1 atom stereocenters. The first-order valence-corrected chi connectivity index (χ1v) is 10.7. The predicted molar refractivity (Wildman–Crippen MR) is 124 cm³/mol. The highest BCUT2D eigenvalue weighted by molar-refractivity contribution is 5.79. The molecular weight excluding hydrogens is 387 g/mol. The molecule has 0 spiro atoms. The maximum Gasteiger partial charge on any atom is 0.145 e. The van der Waals surface area contributed by atoms with Gasteiger partial charge in [0.05, 0.1) is 0 Å². The molecule has 0 aliphatic carbocycles. The second-order valence-corrected chi connectivity index (χ2v) is 8.83.